The molecule has 2 aromatic carbocycles. The van der Waals surface area contributed by atoms with Gasteiger partial charge in [0.25, 0.3) is 0 Å². The van der Waals surface area contributed by atoms with E-state index < -0.39 is 0 Å². The number of aromatic nitrogens is 1. The maximum atomic E-state index is 11.6. The van der Waals surface area contributed by atoms with E-state index in [1.807, 2.05) is 50.2 Å². The van der Waals surface area contributed by atoms with Crippen LogP contribution < -0.4 is 0 Å². The van der Waals surface area contributed by atoms with Crippen LogP contribution in [0.1, 0.15) is 11.1 Å². The van der Waals surface area contributed by atoms with Gasteiger partial charge in [-0.1, -0.05) is 53.7 Å². The molecule has 0 amide bonds. The highest BCUT2D eigenvalue weighted by Crippen LogP contribution is 2.35. The largest absolute Gasteiger partial charge is 0.340 e. The maximum Gasteiger partial charge on any atom is 0.301 e. The predicted octanol–water partition coefficient (Wildman–Crippen LogP) is 5.09. The zero-order chi connectivity index (χ0) is 15.9. The van der Waals surface area contributed by atoms with Crippen molar-refractivity contribution >= 4 is 28.7 Å². The Balaban J connectivity index is 2.42. The average Bonchev–Trinajstić information content (AvgIpc) is 2.48. The molecular weight excluding hydrogens is 296 g/mol. The highest BCUT2D eigenvalue weighted by atomic mass is 32.1. The topological polar surface area (TPSA) is 58.9 Å². The first kappa shape index (κ1) is 14.4. The lowest BCUT2D eigenvalue weighted by Gasteiger charge is -2.08. The first-order valence-electron chi connectivity index (χ1n) is 6.85. The molecule has 1 aromatic heterocycles. The highest BCUT2D eigenvalue weighted by Gasteiger charge is 2.21. The van der Waals surface area contributed by atoms with Crippen molar-refractivity contribution in [3.8, 4) is 11.3 Å². The summed E-state index contributed by atoms with van der Waals surface area (Å²) in [5, 5.41) is 12.9. The molecule has 0 aliphatic rings. The van der Waals surface area contributed by atoms with Crippen LogP contribution in [0.15, 0.2) is 42.5 Å². The fourth-order valence-electron chi connectivity index (χ4n) is 2.55. The van der Waals surface area contributed by atoms with Gasteiger partial charge in [0.1, 0.15) is 10.3 Å². The Bertz CT molecular complexity index is 943. The second-order valence-corrected chi connectivity index (χ2v) is 5.76. The summed E-state index contributed by atoms with van der Waals surface area (Å²) in [4.78, 5) is 14.3. The number of nitrogens with one attached hydrogen (secondary N) is 1. The number of hydrogen-bond donors (Lipinski definition) is 1. The molecule has 0 saturated carbocycles. The van der Waals surface area contributed by atoms with Gasteiger partial charge < -0.3 is 4.98 Å². The number of hydrogen-bond acceptors (Lipinski definition) is 3. The minimum atomic E-state index is -0.349. The Hall–Kier alpha value is -2.53. The van der Waals surface area contributed by atoms with E-state index in [0.29, 0.717) is 21.1 Å². The number of benzene rings is 2. The standard InChI is InChI=1S/C17H14N2O2S/c1-10-3-6-12(7-4-10)15-16(19(20)21)13-8-5-11(2)9-14(13)17(22)18-15/h3-9H,1-2H3,(H,18,22). The molecule has 5 heteroatoms. The number of aromatic amines is 1. The molecule has 4 nitrogen and oxygen atoms in total. The van der Waals surface area contributed by atoms with Crippen LogP contribution in [0.25, 0.3) is 22.0 Å². The number of pyridine rings is 1. The minimum Gasteiger partial charge on any atom is -0.340 e. The lowest BCUT2D eigenvalue weighted by Crippen LogP contribution is -1.98. The van der Waals surface area contributed by atoms with E-state index in [-0.39, 0.29) is 10.6 Å². The smallest absolute Gasteiger partial charge is 0.301 e. The van der Waals surface area contributed by atoms with Crippen molar-refractivity contribution in [3.05, 3.63) is 68.3 Å². The van der Waals surface area contributed by atoms with Gasteiger partial charge in [-0.05, 0) is 26.0 Å². The van der Waals surface area contributed by atoms with E-state index in [2.05, 4.69) is 4.98 Å². The minimum absolute atomic E-state index is 0.0625. The lowest BCUT2D eigenvalue weighted by atomic mass is 10.0. The van der Waals surface area contributed by atoms with Gasteiger partial charge in [0.15, 0.2) is 0 Å². The number of nitrogens with zero attached hydrogens (tertiary/aromatic N) is 1. The first-order valence-corrected chi connectivity index (χ1v) is 7.26. The summed E-state index contributed by atoms with van der Waals surface area (Å²) < 4.78 is 0.514. The van der Waals surface area contributed by atoms with E-state index in [9.17, 15) is 10.1 Å². The average molecular weight is 310 g/mol. The molecule has 110 valence electrons. The Morgan fingerprint density at radius 1 is 1.00 bits per heavy atom. The number of H-pyrrole nitrogens is 1. The fourth-order valence-corrected chi connectivity index (χ4v) is 2.82. The first-order chi connectivity index (χ1) is 10.5. The molecule has 3 rings (SSSR count). The predicted molar refractivity (Wildman–Crippen MR) is 90.7 cm³/mol. The zero-order valence-corrected chi connectivity index (χ0v) is 13.0. The monoisotopic (exact) mass is 310 g/mol. The molecule has 0 atom stereocenters. The fraction of sp³-hybridized carbons (Fsp3) is 0.118. The van der Waals surface area contributed by atoms with Gasteiger partial charge >= 0.3 is 5.69 Å². The van der Waals surface area contributed by atoms with Crippen molar-refractivity contribution in [2.24, 2.45) is 0 Å². The molecule has 0 aliphatic carbocycles. The SMILES string of the molecule is Cc1ccc(-c2[nH]c(=S)c3cc(C)ccc3c2[N+](=O)[O-])cc1. The highest BCUT2D eigenvalue weighted by molar-refractivity contribution is 7.71. The summed E-state index contributed by atoms with van der Waals surface area (Å²) in [7, 11) is 0. The molecule has 0 fully saturated rings. The van der Waals surface area contributed by atoms with Crippen molar-refractivity contribution in [1.29, 1.82) is 0 Å². The second kappa shape index (κ2) is 5.35. The van der Waals surface area contributed by atoms with Gasteiger partial charge in [0, 0.05) is 10.9 Å². The molecule has 1 heterocycles. The number of nitro groups is 1. The van der Waals surface area contributed by atoms with Crippen molar-refractivity contribution in [3.63, 3.8) is 0 Å². The summed E-state index contributed by atoms with van der Waals surface area (Å²) in [6.45, 7) is 3.91. The van der Waals surface area contributed by atoms with E-state index in [4.69, 9.17) is 12.2 Å². The summed E-state index contributed by atoms with van der Waals surface area (Å²) in [6, 6.07) is 13.1. The third-order valence-electron chi connectivity index (χ3n) is 3.67. The van der Waals surface area contributed by atoms with Crippen LogP contribution >= 0.6 is 12.2 Å². The zero-order valence-electron chi connectivity index (χ0n) is 12.2. The van der Waals surface area contributed by atoms with Crippen LogP contribution in [0, 0.1) is 28.6 Å². The third kappa shape index (κ3) is 2.40. The van der Waals surface area contributed by atoms with Crippen LogP contribution in [0.3, 0.4) is 0 Å². The number of aryl methyl sites for hydroxylation is 2. The molecule has 3 aromatic rings. The molecule has 22 heavy (non-hydrogen) atoms. The molecule has 1 N–H and O–H groups in total. The summed E-state index contributed by atoms with van der Waals surface area (Å²) in [5.74, 6) is 0. The van der Waals surface area contributed by atoms with Crippen molar-refractivity contribution < 1.29 is 4.92 Å². The molecule has 0 aliphatic heterocycles. The van der Waals surface area contributed by atoms with Crippen LogP contribution in [0.2, 0.25) is 0 Å². The maximum absolute atomic E-state index is 11.6. The molecule has 0 spiro atoms. The van der Waals surface area contributed by atoms with Crippen molar-refractivity contribution in [2.45, 2.75) is 13.8 Å². The van der Waals surface area contributed by atoms with E-state index in [0.717, 1.165) is 16.7 Å². The molecular formula is C17H14N2O2S. The van der Waals surface area contributed by atoms with Gasteiger partial charge in [-0.2, -0.15) is 0 Å². The normalized spacial score (nSPS) is 10.8. The van der Waals surface area contributed by atoms with E-state index in [1.54, 1.807) is 6.07 Å². The quantitative estimate of drug-likeness (QED) is 0.407. The van der Waals surface area contributed by atoms with Gasteiger partial charge in [0.2, 0.25) is 0 Å². The summed E-state index contributed by atoms with van der Waals surface area (Å²) in [5.41, 5.74) is 3.38. The Kier molecular flexibility index (Phi) is 3.50. The van der Waals surface area contributed by atoms with E-state index >= 15 is 0 Å². The van der Waals surface area contributed by atoms with Crippen LogP contribution in [-0.2, 0) is 0 Å². The van der Waals surface area contributed by atoms with Gasteiger partial charge in [-0.25, -0.2) is 0 Å². The lowest BCUT2D eigenvalue weighted by molar-refractivity contribution is -0.382. The summed E-state index contributed by atoms with van der Waals surface area (Å²) >= 11 is 5.39. The van der Waals surface area contributed by atoms with E-state index in [1.165, 1.54) is 0 Å². The van der Waals surface area contributed by atoms with Crippen molar-refractivity contribution in [1.82, 2.24) is 4.98 Å². The second-order valence-electron chi connectivity index (χ2n) is 5.35. The Morgan fingerprint density at radius 3 is 2.27 bits per heavy atom. The van der Waals surface area contributed by atoms with Crippen LogP contribution in [-0.4, -0.2) is 9.91 Å². The molecule has 0 bridgehead atoms. The molecule has 0 unspecified atom stereocenters. The summed E-state index contributed by atoms with van der Waals surface area (Å²) in [6.07, 6.45) is 0. The molecule has 0 radical (unpaired) electrons. The van der Waals surface area contributed by atoms with Crippen LogP contribution in [0.4, 0.5) is 5.69 Å². The Morgan fingerprint density at radius 2 is 1.64 bits per heavy atom. The van der Waals surface area contributed by atoms with Gasteiger partial charge in [-0.15, -0.1) is 0 Å². The Labute approximate surface area is 132 Å². The number of rotatable bonds is 2. The number of fused-ring (bicyclic) bond motifs is 1. The molecule has 0 saturated heterocycles. The van der Waals surface area contributed by atoms with Gasteiger partial charge in [-0.3, -0.25) is 10.1 Å². The third-order valence-corrected chi connectivity index (χ3v) is 3.99. The van der Waals surface area contributed by atoms with Gasteiger partial charge in [0.05, 0.1) is 10.3 Å². The van der Waals surface area contributed by atoms with Crippen LogP contribution in [0.5, 0.6) is 0 Å². The van der Waals surface area contributed by atoms with Crippen molar-refractivity contribution in [2.75, 3.05) is 0 Å².